The van der Waals surface area contributed by atoms with Crippen LogP contribution in [-0.4, -0.2) is 38.6 Å². The first kappa shape index (κ1) is 22.9. The van der Waals surface area contributed by atoms with Crippen LogP contribution in [0.25, 0.3) is 0 Å². The highest BCUT2D eigenvalue weighted by Gasteiger charge is 2.47. The SMILES string of the molecule is CC(=O)O[C@@H]1C=C[C@H](OC(C)=O)CC(O[Si](C(C)C)(C(C)C)C(C)C)C1. The van der Waals surface area contributed by atoms with Gasteiger partial charge in [-0.3, -0.25) is 9.59 Å². The van der Waals surface area contributed by atoms with Crippen LogP contribution in [-0.2, 0) is 23.5 Å². The highest BCUT2D eigenvalue weighted by atomic mass is 28.4. The Morgan fingerprint density at radius 2 is 1.15 bits per heavy atom. The molecule has 0 aromatic carbocycles. The van der Waals surface area contributed by atoms with Gasteiger partial charge in [0.1, 0.15) is 12.2 Å². The molecular formula is C20H36O5Si. The Kier molecular flexibility index (Phi) is 8.54. The van der Waals surface area contributed by atoms with Crippen molar-refractivity contribution >= 4 is 20.3 Å². The van der Waals surface area contributed by atoms with E-state index in [0.717, 1.165) is 0 Å². The standard InChI is InChI=1S/C20H36O5Si/c1-13(2)26(14(3)4,15(5)6)25-20-11-18(23-16(7)21)9-10-19(12-20)24-17(8)22/h9-10,13-15,18-20H,11-12H2,1-8H3/t18-,19+,20?. The van der Waals surface area contributed by atoms with Crippen molar-refractivity contribution in [2.45, 2.75) is 103 Å². The second-order valence-electron chi connectivity index (χ2n) is 8.21. The van der Waals surface area contributed by atoms with E-state index >= 15 is 0 Å². The first-order chi connectivity index (χ1) is 12.0. The monoisotopic (exact) mass is 384 g/mol. The zero-order chi connectivity index (χ0) is 20.1. The molecule has 0 bridgehead atoms. The molecular weight excluding hydrogens is 348 g/mol. The Morgan fingerprint density at radius 1 is 0.808 bits per heavy atom. The number of carbonyl (C=O) groups excluding carboxylic acids is 2. The van der Waals surface area contributed by atoms with E-state index in [1.54, 1.807) is 0 Å². The fraction of sp³-hybridized carbons (Fsp3) is 0.800. The van der Waals surface area contributed by atoms with E-state index in [-0.39, 0.29) is 30.3 Å². The van der Waals surface area contributed by atoms with E-state index < -0.39 is 8.32 Å². The molecule has 26 heavy (non-hydrogen) atoms. The predicted molar refractivity (Wildman–Crippen MR) is 105 cm³/mol. The van der Waals surface area contributed by atoms with Crippen LogP contribution < -0.4 is 0 Å². The molecule has 1 aliphatic rings. The van der Waals surface area contributed by atoms with Crippen molar-refractivity contribution in [1.82, 2.24) is 0 Å². The molecule has 0 aliphatic heterocycles. The van der Waals surface area contributed by atoms with Gasteiger partial charge in [0.15, 0.2) is 0 Å². The summed E-state index contributed by atoms with van der Waals surface area (Å²) in [4.78, 5) is 22.9. The number of ether oxygens (including phenoxy) is 2. The minimum Gasteiger partial charge on any atom is -0.458 e. The lowest BCUT2D eigenvalue weighted by molar-refractivity contribution is -0.145. The summed E-state index contributed by atoms with van der Waals surface area (Å²) in [6, 6.07) is 0. The van der Waals surface area contributed by atoms with Gasteiger partial charge in [-0.2, -0.15) is 0 Å². The maximum absolute atomic E-state index is 11.4. The molecule has 1 unspecified atom stereocenters. The molecule has 5 nitrogen and oxygen atoms in total. The Hall–Kier alpha value is -1.14. The molecule has 0 amide bonds. The van der Waals surface area contributed by atoms with Crippen LogP contribution in [0.1, 0.15) is 68.2 Å². The van der Waals surface area contributed by atoms with Gasteiger partial charge in [-0.1, -0.05) is 41.5 Å². The third-order valence-corrected chi connectivity index (χ3v) is 11.4. The third-order valence-electron chi connectivity index (χ3n) is 5.24. The first-order valence-electron chi connectivity index (χ1n) is 9.69. The first-order valence-corrected chi connectivity index (χ1v) is 11.8. The Balaban J connectivity index is 3.11. The molecule has 0 aromatic rings. The summed E-state index contributed by atoms with van der Waals surface area (Å²) < 4.78 is 17.7. The lowest BCUT2D eigenvalue weighted by Crippen LogP contribution is -2.51. The van der Waals surface area contributed by atoms with E-state index in [1.165, 1.54) is 13.8 Å². The average Bonchev–Trinajstić information content (AvgIpc) is 2.64. The maximum atomic E-state index is 11.4. The Labute approximate surface area is 159 Å². The van der Waals surface area contributed by atoms with E-state index in [1.807, 2.05) is 12.2 Å². The van der Waals surface area contributed by atoms with Crippen molar-refractivity contribution < 1.29 is 23.5 Å². The molecule has 0 fully saturated rings. The lowest BCUT2D eigenvalue weighted by atomic mass is 10.1. The number of hydrogen-bond acceptors (Lipinski definition) is 5. The van der Waals surface area contributed by atoms with Crippen LogP contribution in [0, 0.1) is 0 Å². The average molecular weight is 385 g/mol. The van der Waals surface area contributed by atoms with Crippen molar-refractivity contribution in [3.05, 3.63) is 12.2 Å². The predicted octanol–water partition coefficient (Wildman–Crippen LogP) is 4.76. The molecule has 0 radical (unpaired) electrons. The third kappa shape index (κ3) is 5.95. The van der Waals surface area contributed by atoms with E-state index in [4.69, 9.17) is 13.9 Å². The van der Waals surface area contributed by atoms with Gasteiger partial charge < -0.3 is 13.9 Å². The molecule has 0 heterocycles. The van der Waals surface area contributed by atoms with Crippen molar-refractivity contribution in [3.8, 4) is 0 Å². The van der Waals surface area contributed by atoms with Crippen LogP contribution in [0.15, 0.2) is 12.2 Å². The molecule has 1 aliphatic carbocycles. The number of hydrogen-bond donors (Lipinski definition) is 0. The minimum absolute atomic E-state index is 0.113. The summed E-state index contributed by atoms with van der Waals surface area (Å²) in [5.74, 6) is -0.631. The lowest BCUT2D eigenvalue weighted by Gasteiger charge is -2.45. The number of esters is 2. The molecule has 0 saturated carbocycles. The fourth-order valence-corrected chi connectivity index (χ4v) is 10.0. The van der Waals surface area contributed by atoms with Gasteiger partial charge >= 0.3 is 11.9 Å². The number of carbonyl (C=O) groups is 2. The summed E-state index contributed by atoms with van der Waals surface area (Å²) in [6.07, 6.45) is 4.01. The van der Waals surface area contributed by atoms with Crippen LogP contribution in [0.4, 0.5) is 0 Å². The van der Waals surface area contributed by atoms with Gasteiger partial charge in [0.25, 0.3) is 0 Å². The van der Waals surface area contributed by atoms with Crippen molar-refractivity contribution in [2.75, 3.05) is 0 Å². The quantitative estimate of drug-likeness (QED) is 0.360. The van der Waals surface area contributed by atoms with E-state index in [2.05, 4.69) is 41.5 Å². The molecule has 0 N–H and O–H groups in total. The fourth-order valence-electron chi connectivity index (χ4n) is 4.41. The van der Waals surface area contributed by atoms with Crippen molar-refractivity contribution in [1.29, 1.82) is 0 Å². The molecule has 3 atom stereocenters. The second-order valence-corrected chi connectivity index (χ2v) is 13.6. The van der Waals surface area contributed by atoms with Crippen LogP contribution >= 0.6 is 0 Å². The molecule has 0 spiro atoms. The van der Waals surface area contributed by atoms with Crippen molar-refractivity contribution in [2.24, 2.45) is 0 Å². The second kappa shape index (κ2) is 9.69. The van der Waals surface area contributed by atoms with Crippen LogP contribution in [0.2, 0.25) is 16.6 Å². The van der Waals surface area contributed by atoms with Gasteiger partial charge in [0.2, 0.25) is 8.32 Å². The molecule has 1 rings (SSSR count). The van der Waals surface area contributed by atoms with E-state index in [0.29, 0.717) is 29.5 Å². The van der Waals surface area contributed by atoms with Gasteiger partial charge in [0, 0.05) is 26.7 Å². The normalized spacial score (nSPS) is 24.0. The smallest absolute Gasteiger partial charge is 0.303 e. The van der Waals surface area contributed by atoms with E-state index in [9.17, 15) is 9.59 Å². The Morgan fingerprint density at radius 3 is 1.42 bits per heavy atom. The number of rotatable bonds is 7. The van der Waals surface area contributed by atoms with Crippen molar-refractivity contribution in [3.63, 3.8) is 0 Å². The summed E-state index contributed by atoms with van der Waals surface area (Å²) in [7, 11) is -2.09. The summed E-state index contributed by atoms with van der Waals surface area (Å²) in [6.45, 7) is 16.3. The Bertz CT molecular complexity index is 463. The molecule has 6 heteroatoms. The topological polar surface area (TPSA) is 61.8 Å². The molecule has 0 aromatic heterocycles. The van der Waals surface area contributed by atoms with Gasteiger partial charge in [0.05, 0.1) is 6.10 Å². The zero-order valence-corrected chi connectivity index (χ0v) is 18.6. The summed E-state index contributed by atoms with van der Waals surface area (Å²) >= 11 is 0. The summed E-state index contributed by atoms with van der Waals surface area (Å²) in [5, 5.41) is 0. The highest BCUT2D eigenvalue weighted by molar-refractivity contribution is 6.77. The minimum atomic E-state index is -2.09. The van der Waals surface area contributed by atoms with Gasteiger partial charge in [-0.05, 0) is 28.8 Å². The van der Waals surface area contributed by atoms with Gasteiger partial charge in [-0.15, -0.1) is 0 Å². The summed E-state index contributed by atoms with van der Waals surface area (Å²) in [5.41, 5.74) is 1.37. The molecule has 0 saturated heterocycles. The van der Waals surface area contributed by atoms with Crippen LogP contribution in [0.5, 0.6) is 0 Å². The van der Waals surface area contributed by atoms with Gasteiger partial charge in [-0.25, -0.2) is 0 Å². The highest BCUT2D eigenvalue weighted by Crippen LogP contribution is 2.44. The molecule has 150 valence electrons. The largest absolute Gasteiger partial charge is 0.458 e. The zero-order valence-electron chi connectivity index (χ0n) is 17.6. The maximum Gasteiger partial charge on any atom is 0.303 e. The van der Waals surface area contributed by atoms with Crippen LogP contribution in [0.3, 0.4) is 0 Å².